The van der Waals surface area contributed by atoms with Crippen LogP contribution in [-0.2, 0) is 17.8 Å². The molecular weight excluding hydrogens is 386 g/mol. The van der Waals surface area contributed by atoms with Gasteiger partial charge in [-0.3, -0.25) is 4.90 Å². The summed E-state index contributed by atoms with van der Waals surface area (Å²) in [6, 6.07) is 8.72. The van der Waals surface area contributed by atoms with Crippen LogP contribution >= 0.6 is 0 Å². The van der Waals surface area contributed by atoms with Gasteiger partial charge in [0.05, 0.1) is 19.8 Å². The SMILES string of the molecule is CCNC(=NCc1ccccc1CN1CCOCC1)NCC1CCCN(CC(C)C)C1. The van der Waals surface area contributed by atoms with Crippen molar-refractivity contribution in [3.05, 3.63) is 35.4 Å². The smallest absolute Gasteiger partial charge is 0.191 e. The van der Waals surface area contributed by atoms with E-state index in [1.165, 1.54) is 43.6 Å². The van der Waals surface area contributed by atoms with Crippen LogP contribution in [-0.4, -0.2) is 74.8 Å². The lowest BCUT2D eigenvalue weighted by molar-refractivity contribution is 0.0341. The standard InChI is InChI=1S/C25H43N5O/c1-4-26-25(27-16-22-8-7-11-30(19-22)18-21(2)3)28-17-23-9-5-6-10-24(23)20-29-12-14-31-15-13-29/h5-6,9-10,21-22H,4,7-8,11-20H2,1-3H3,(H2,26,27,28). The highest BCUT2D eigenvalue weighted by atomic mass is 16.5. The van der Waals surface area contributed by atoms with Gasteiger partial charge in [0.25, 0.3) is 0 Å². The lowest BCUT2D eigenvalue weighted by atomic mass is 9.97. The van der Waals surface area contributed by atoms with Crippen molar-refractivity contribution in [1.82, 2.24) is 20.4 Å². The number of nitrogens with zero attached hydrogens (tertiary/aromatic N) is 3. The maximum absolute atomic E-state index is 5.49. The van der Waals surface area contributed by atoms with E-state index in [-0.39, 0.29) is 0 Å². The Morgan fingerprint density at radius 3 is 2.61 bits per heavy atom. The molecule has 1 atom stereocenters. The number of piperidine rings is 1. The summed E-state index contributed by atoms with van der Waals surface area (Å²) >= 11 is 0. The number of ether oxygens (including phenoxy) is 1. The molecule has 1 aromatic carbocycles. The van der Waals surface area contributed by atoms with E-state index in [9.17, 15) is 0 Å². The second-order valence-electron chi connectivity index (χ2n) is 9.39. The Morgan fingerprint density at radius 2 is 1.87 bits per heavy atom. The van der Waals surface area contributed by atoms with Crippen molar-refractivity contribution in [3.63, 3.8) is 0 Å². The van der Waals surface area contributed by atoms with Crippen molar-refractivity contribution in [2.45, 2.75) is 46.7 Å². The van der Waals surface area contributed by atoms with Gasteiger partial charge < -0.3 is 20.3 Å². The zero-order chi connectivity index (χ0) is 21.9. The Labute approximate surface area is 189 Å². The summed E-state index contributed by atoms with van der Waals surface area (Å²) in [5.41, 5.74) is 2.69. The Balaban J connectivity index is 1.54. The fourth-order valence-corrected chi connectivity index (χ4v) is 4.61. The molecule has 31 heavy (non-hydrogen) atoms. The fourth-order valence-electron chi connectivity index (χ4n) is 4.61. The van der Waals surface area contributed by atoms with Crippen molar-refractivity contribution >= 4 is 5.96 Å². The number of nitrogens with one attached hydrogen (secondary N) is 2. The van der Waals surface area contributed by atoms with Crippen LogP contribution in [0.5, 0.6) is 0 Å². The fraction of sp³-hybridized carbons (Fsp3) is 0.720. The summed E-state index contributed by atoms with van der Waals surface area (Å²) < 4.78 is 5.49. The molecule has 0 bridgehead atoms. The van der Waals surface area contributed by atoms with E-state index in [2.05, 4.69) is 65.5 Å². The predicted molar refractivity (Wildman–Crippen MR) is 129 cm³/mol. The van der Waals surface area contributed by atoms with E-state index in [1.54, 1.807) is 0 Å². The third-order valence-corrected chi connectivity index (χ3v) is 6.15. The van der Waals surface area contributed by atoms with Crippen LogP contribution in [0.1, 0.15) is 44.7 Å². The number of likely N-dealkylation sites (tertiary alicyclic amines) is 1. The van der Waals surface area contributed by atoms with Crippen LogP contribution in [0.4, 0.5) is 0 Å². The molecule has 2 heterocycles. The first-order chi connectivity index (χ1) is 15.1. The second-order valence-corrected chi connectivity index (χ2v) is 9.39. The average molecular weight is 430 g/mol. The normalized spacial score (nSPS) is 21.4. The van der Waals surface area contributed by atoms with Gasteiger partial charge in [-0.2, -0.15) is 0 Å². The molecule has 0 aromatic heterocycles. The number of aliphatic imine (C=N–C) groups is 1. The van der Waals surface area contributed by atoms with Crippen LogP contribution in [0.2, 0.25) is 0 Å². The third-order valence-electron chi connectivity index (χ3n) is 6.15. The molecule has 0 spiro atoms. The van der Waals surface area contributed by atoms with Gasteiger partial charge in [-0.15, -0.1) is 0 Å². The number of hydrogen-bond acceptors (Lipinski definition) is 4. The van der Waals surface area contributed by atoms with Gasteiger partial charge in [0, 0.05) is 45.8 Å². The highest BCUT2D eigenvalue weighted by Crippen LogP contribution is 2.17. The number of hydrogen-bond donors (Lipinski definition) is 2. The summed E-state index contributed by atoms with van der Waals surface area (Å²) in [7, 11) is 0. The predicted octanol–water partition coefficient (Wildman–Crippen LogP) is 2.94. The summed E-state index contributed by atoms with van der Waals surface area (Å²) in [4.78, 5) is 10.0. The van der Waals surface area contributed by atoms with Crippen molar-refractivity contribution < 1.29 is 4.74 Å². The molecule has 1 unspecified atom stereocenters. The summed E-state index contributed by atoms with van der Waals surface area (Å²) in [5.74, 6) is 2.37. The Morgan fingerprint density at radius 1 is 1.10 bits per heavy atom. The molecule has 2 aliphatic rings. The lowest BCUT2D eigenvalue weighted by Gasteiger charge is -2.34. The molecule has 0 saturated carbocycles. The maximum atomic E-state index is 5.49. The first kappa shape index (κ1) is 24.0. The molecule has 2 fully saturated rings. The number of morpholine rings is 1. The minimum atomic E-state index is 0.699. The zero-order valence-corrected chi connectivity index (χ0v) is 19.9. The van der Waals surface area contributed by atoms with Gasteiger partial charge in [-0.25, -0.2) is 4.99 Å². The Hall–Kier alpha value is -1.63. The van der Waals surface area contributed by atoms with Gasteiger partial charge in [-0.1, -0.05) is 38.1 Å². The molecule has 6 heteroatoms. The molecule has 3 rings (SSSR count). The second kappa shape index (κ2) is 13.0. The molecule has 0 amide bonds. The summed E-state index contributed by atoms with van der Waals surface area (Å²) in [6.07, 6.45) is 2.62. The number of guanidine groups is 1. The van der Waals surface area contributed by atoms with Gasteiger partial charge in [0.2, 0.25) is 0 Å². The first-order valence-electron chi connectivity index (χ1n) is 12.3. The third kappa shape index (κ3) is 8.43. The molecular formula is C25H43N5O. The van der Waals surface area contributed by atoms with Crippen LogP contribution < -0.4 is 10.6 Å². The molecule has 2 N–H and O–H groups in total. The minimum Gasteiger partial charge on any atom is -0.379 e. The van der Waals surface area contributed by atoms with Crippen LogP contribution in [0, 0.1) is 11.8 Å². The lowest BCUT2D eigenvalue weighted by Crippen LogP contribution is -2.45. The average Bonchev–Trinajstić information content (AvgIpc) is 2.77. The molecule has 6 nitrogen and oxygen atoms in total. The van der Waals surface area contributed by atoms with Gasteiger partial charge in [0.1, 0.15) is 0 Å². The molecule has 174 valence electrons. The van der Waals surface area contributed by atoms with Crippen LogP contribution in [0.15, 0.2) is 29.3 Å². The van der Waals surface area contributed by atoms with E-state index in [1.807, 2.05) is 0 Å². The molecule has 0 aliphatic carbocycles. The first-order valence-corrected chi connectivity index (χ1v) is 12.3. The van der Waals surface area contributed by atoms with E-state index in [0.717, 1.165) is 57.8 Å². The van der Waals surface area contributed by atoms with E-state index in [4.69, 9.17) is 9.73 Å². The van der Waals surface area contributed by atoms with E-state index < -0.39 is 0 Å². The van der Waals surface area contributed by atoms with Gasteiger partial charge >= 0.3 is 0 Å². The van der Waals surface area contributed by atoms with E-state index >= 15 is 0 Å². The number of benzene rings is 1. The Kier molecular flexibility index (Phi) is 10.1. The van der Waals surface area contributed by atoms with Crippen molar-refractivity contribution in [2.75, 3.05) is 59.0 Å². The van der Waals surface area contributed by atoms with Crippen molar-refractivity contribution in [1.29, 1.82) is 0 Å². The van der Waals surface area contributed by atoms with Crippen LogP contribution in [0.3, 0.4) is 0 Å². The largest absolute Gasteiger partial charge is 0.379 e. The minimum absolute atomic E-state index is 0.699. The summed E-state index contributed by atoms with van der Waals surface area (Å²) in [6.45, 7) is 17.7. The monoisotopic (exact) mass is 429 g/mol. The van der Waals surface area contributed by atoms with Gasteiger partial charge in [-0.05, 0) is 49.3 Å². The highest BCUT2D eigenvalue weighted by molar-refractivity contribution is 5.79. The topological polar surface area (TPSA) is 52.1 Å². The van der Waals surface area contributed by atoms with Crippen molar-refractivity contribution in [3.8, 4) is 0 Å². The molecule has 0 radical (unpaired) electrons. The zero-order valence-electron chi connectivity index (χ0n) is 19.9. The maximum Gasteiger partial charge on any atom is 0.191 e. The van der Waals surface area contributed by atoms with Crippen LogP contribution in [0.25, 0.3) is 0 Å². The van der Waals surface area contributed by atoms with E-state index in [0.29, 0.717) is 12.5 Å². The molecule has 1 aromatic rings. The molecule has 2 saturated heterocycles. The summed E-state index contributed by atoms with van der Waals surface area (Å²) in [5, 5.41) is 7.06. The number of rotatable bonds is 9. The van der Waals surface area contributed by atoms with Gasteiger partial charge in [0.15, 0.2) is 5.96 Å². The highest BCUT2D eigenvalue weighted by Gasteiger charge is 2.20. The Bertz CT molecular complexity index is 672. The molecule has 2 aliphatic heterocycles. The quantitative estimate of drug-likeness (QED) is 0.467. The van der Waals surface area contributed by atoms with Crippen molar-refractivity contribution in [2.24, 2.45) is 16.8 Å².